The third kappa shape index (κ3) is 1.87. The van der Waals surface area contributed by atoms with Gasteiger partial charge in [-0.2, -0.15) is 0 Å². The van der Waals surface area contributed by atoms with Crippen LogP contribution in [-0.4, -0.2) is 20.7 Å². The highest BCUT2D eigenvalue weighted by molar-refractivity contribution is 5.88. The first-order valence-electron chi connectivity index (χ1n) is 6.55. The zero-order valence-corrected chi connectivity index (χ0v) is 10.9. The van der Waals surface area contributed by atoms with Crippen molar-refractivity contribution in [3.8, 4) is 5.75 Å². The van der Waals surface area contributed by atoms with Gasteiger partial charge in [0.05, 0.1) is 7.11 Å². The Balaban J connectivity index is 2.08. The molecule has 0 radical (unpaired) electrons. The molecule has 3 rings (SSSR count). The maximum absolute atomic E-state index is 5.56. The van der Waals surface area contributed by atoms with Crippen molar-refractivity contribution in [1.29, 1.82) is 0 Å². The largest absolute Gasteiger partial charge is 0.496 e. The minimum absolute atomic E-state index is 0.651. The summed E-state index contributed by atoms with van der Waals surface area (Å²) < 4.78 is 5.56. The molecule has 1 aliphatic rings. The van der Waals surface area contributed by atoms with E-state index in [0.717, 1.165) is 18.2 Å². The van der Waals surface area contributed by atoms with E-state index in [1.54, 1.807) is 7.11 Å². The van der Waals surface area contributed by atoms with Crippen molar-refractivity contribution in [3.63, 3.8) is 0 Å². The number of benzene rings is 2. The molecule has 94 valence electrons. The van der Waals surface area contributed by atoms with E-state index < -0.39 is 0 Å². The van der Waals surface area contributed by atoms with Crippen LogP contribution in [0.2, 0.25) is 0 Å². The number of hydrogen-bond donors (Lipinski definition) is 1. The van der Waals surface area contributed by atoms with Gasteiger partial charge in [0.1, 0.15) is 5.75 Å². The molecule has 2 aromatic carbocycles. The average Bonchev–Trinajstić information content (AvgIpc) is 3.16. The number of hydrogen-bond acceptors (Lipinski definition) is 2. The summed E-state index contributed by atoms with van der Waals surface area (Å²) in [5.74, 6) is 2.45. The van der Waals surface area contributed by atoms with Gasteiger partial charge >= 0.3 is 0 Å². The minimum atomic E-state index is 0.651. The Bertz CT molecular complexity index is 564. The fraction of sp³-hybridized carbons (Fsp3) is 0.375. The van der Waals surface area contributed by atoms with Crippen LogP contribution in [0, 0.1) is 5.92 Å². The summed E-state index contributed by atoms with van der Waals surface area (Å²) in [6.07, 6.45) is 1.27. The Kier molecular flexibility index (Phi) is 2.96. The van der Waals surface area contributed by atoms with Gasteiger partial charge in [0.2, 0.25) is 0 Å². The van der Waals surface area contributed by atoms with Gasteiger partial charge in [-0.15, -0.1) is 0 Å². The van der Waals surface area contributed by atoms with E-state index in [4.69, 9.17) is 4.74 Å². The van der Waals surface area contributed by atoms with Crippen LogP contribution in [0.15, 0.2) is 36.4 Å². The van der Waals surface area contributed by atoms with E-state index in [1.807, 2.05) is 7.05 Å². The highest BCUT2D eigenvalue weighted by Crippen LogP contribution is 2.52. The fourth-order valence-corrected chi connectivity index (χ4v) is 2.92. The molecule has 0 aliphatic heterocycles. The highest BCUT2D eigenvalue weighted by atomic mass is 16.5. The molecule has 1 aliphatic carbocycles. The average molecular weight is 241 g/mol. The van der Waals surface area contributed by atoms with Gasteiger partial charge in [-0.3, -0.25) is 0 Å². The fourth-order valence-electron chi connectivity index (χ4n) is 2.92. The van der Waals surface area contributed by atoms with E-state index in [1.165, 1.54) is 22.8 Å². The molecule has 1 saturated carbocycles. The van der Waals surface area contributed by atoms with Crippen molar-refractivity contribution in [2.45, 2.75) is 12.3 Å². The molecule has 2 nitrogen and oxygen atoms in total. The highest BCUT2D eigenvalue weighted by Gasteiger charge is 2.40. The van der Waals surface area contributed by atoms with E-state index in [0.29, 0.717) is 5.92 Å². The predicted molar refractivity (Wildman–Crippen MR) is 75.3 cm³/mol. The molecule has 0 saturated heterocycles. The SMILES string of the molecule is CNC[C@@H]1C[C@@H]1c1c(OC)ccc2ccccc12. The molecule has 1 N–H and O–H groups in total. The van der Waals surface area contributed by atoms with Gasteiger partial charge in [0.15, 0.2) is 0 Å². The molecule has 1 fully saturated rings. The third-order valence-electron chi connectivity index (χ3n) is 3.91. The second-order valence-electron chi connectivity index (χ2n) is 5.06. The first kappa shape index (κ1) is 11.5. The summed E-state index contributed by atoms with van der Waals surface area (Å²) >= 11 is 0. The van der Waals surface area contributed by atoms with Crippen LogP contribution in [0.1, 0.15) is 17.9 Å². The lowest BCUT2D eigenvalue weighted by Gasteiger charge is -2.12. The zero-order valence-electron chi connectivity index (χ0n) is 10.9. The third-order valence-corrected chi connectivity index (χ3v) is 3.91. The van der Waals surface area contributed by atoms with Crippen molar-refractivity contribution in [2.24, 2.45) is 5.92 Å². The number of fused-ring (bicyclic) bond motifs is 1. The first-order valence-corrected chi connectivity index (χ1v) is 6.55. The van der Waals surface area contributed by atoms with Crippen LogP contribution in [-0.2, 0) is 0 Å². The van der Waals surface area contributed by atoms with Crippen molar-refractivity contribution in [1.82, 2.24) is 5.32 Å². The Labute approximate surface area is 108 Å². The van der Waals surface area contributed by atoms with Gasteiger partial charge < -0.3 is 10.1 Å². The van der Waals surface area contributed by atoms with Crippen LogP contribution >= 0.6 is 0 Å². The van der Waals surface area contributed by atoms with E-state index in [2.05, 4.69) is 41.7 Å². The van der Waals surface area contributed by atoms with E-state index >= 15 is 0 Å². The summed E-state index contributed by atoms with van der Waals surface area (Å²) in [7, 11) is 3.79. The summed E-state index contributed by atoms with van der Waals surface area (Å²) in [5.41, 5.74) is 1.40. The molecule has 0 spiro atoms. The van der Waals surface area contributed by atoms with Gasteiger partial charge in [0.25, 0.3) is 0 Å². The maximum Gasteiger partial charge on any atom is 0.122 e. The molecule has 2 aromatic rings. The first-order chi connectivity index (χ1) is 8.85. The standard InChI is InChI=1S/C16H19NO/c1-17-10-12-9-14(12)16-13-6-4-3-5-11(13)7-8-15(16)18-2/h3-8,12,14,17H,9-10H2,1-2H3/t12-,14-/m0/s1. The van der Waals surface area contributed by atoms with Crippen LogP contribution in [0.25, 0.3) is 10.8 Å². The van der Waals surface area contributed by atoms with Gasteiger partial charge in [-0.05, 0) is 48.7 Å². The molecule has 0 aromatic heterocycles. The van der Waals surface area contributed by atoms with Crippen LogP contribution in [0.5, 0.6) is 5.75 Å². The Morgan fingerprint density at radius 1 is 1.22 bits per heavy atom. The topological polar surface area (TPSA) is 21.3 Å². The van der Waals surface area contributed by atoms with Crippen LogP contribution in [0.3, 0.4) is 0 Å². The van der Waals surface area contributed by atoms with Crippen molar-refractivity contribution < 1.29 is 4.74 Å². The van der Waals surface area contributed by atoms with Gasteiger partial charge in [-0.25, -0.2) is 0 Å². The second kappa shape index (κ2) is 4.62. The molecule has 18 heavy (non-hydrogen) atoms. The molecule has 2 atom stereocenters. The summed E-state index contributed by atoms with van der Waals surface area (Å²) in [6.45, 7) is 1.09. The van der Waals surface area contributed by atoms with E-state index in [-0.39, 0.29) is 0 Å². The molecule has 0 unspecified atom stereocenters. The molecular formula is C16H19NO. The quantitative estimate of drug-likeness (QED) is 0.887. The van der Waals surface area contributed by atoms with Gasteiger partial charge in [-0.1, -0.05) is 30.3 Å². The van der Waals surface area contributed by atoms with Crippen LogP contribution in [0.4, 0.5) is 0 Å². The van der Waals surface area contributed by atoms with Crippen LogP contribution < -0.4 is 10.1 Å². The van der Waals surface area contributed by atoms with Crippen molar-refractivity contribution in [3.05, 3.63) is 42.0 Å². The predicted octanol–water partition coefficient (Wildman–Crippen LogP) is 3.17. The summed E-state index contributed by atoms with van der Waals surface area (Å²) in [4.78, 5) is 0. The Hall–Kier alpha value is -1.54. The number of ether oxygens (including phenoxy) is 1. The van der Waals surface area contributed by atoms with Crippen molar-refractivity contribution >= 4 is 10.8 Å². The summed E-state index contributed by atoms with van der Waals surface area (Å²) in [5, 5.41) is 5.93. The van der Waals surface area contributed by atoms with E-state index in [9.17, 15) is 0 Å². The lowest BCUT2D eigenvalue weighted by atomic mass is 9.99. The normalized spacial score (nSPS) is 22.1. The zero-order chi connectivity index (χ0) is 12.5. The molecule has 0 amide bonds. The number of methoxy groups -OCH3 is 1. The molecule has 2 heteroatoms. The molecule has 0 heterocycles. The summed E-state index contributed by atoms with van der Waals surface area (Å²) in [6, 6.07) is 12.8. The molecular weight excluding hydrogens is 222 g/mol. The number of nitrogens with one attached hydrogen (secondary N) is 1. The smallest absolute Gasteiger partial charge is 0.122 e. The Morgan fingerprint density at radius 2 is 2.06 bits per heavy atom. The lowest BCUT2D eigenvalue weighted by Crippen LogP contribution is -2.10. The second-order valence-corrected chi connectivity index (χ2v) is 5.06. The maximum atomic E-state index is 5.56. The molecule has 0 bridgehead atoms. The Morgan fingerprint density at radius 3 is 2.83 bits per heavy atom. The van der Waals surface area contributed by atoms with Gasteiger partial charge in [0, 0.05) is 5.56 Å². The van der Waals surface area contributed by atoms with Crippen molar-refractivity contribution in [2.75, 3.05) is 20.7 Å². The minimum Gasteiger partial charge on any atom is -0.496 e. The monoisotopic (exact) mass is 241 g/mol. The number of rotatable bonds is 4. The lowest BCUT2D eigenvalue weighted by molar-refractivity contribution is 0.410.